The van der Waals surface area contributed by atoms with E-state index in [1.807, 2.05) is 0 Å². The molecule has 0 spiro atoms. The molecule has 0 atom stereocenters. The van der Waals surface area contributed by atoms with E-state index in [0.717, 1.165) is 0 Å². The van der Waals surface area contributed by atoms with Crippen LogP contribution < -0.4 is 10.4 Å². The molecule has 0 saturated carbocycles. The summed E-state index contributed by atoms with van der Waals surface area (Å²) in [6.45, 7) is 2.62. The fraction of sp³-hybridized carbons (Fsp3) is 0.455. The summed E-state index contributed by atoms with van der Waals surface area (Å²) < 4.78 is 0. The molecule has 0 aliphatic heterocycles. The Morgan fingerprint density at radius 3 is 2.32 bits per heavy atom. The maximum Gasteiger partial charge on any atom is 0.277 e. The van der Waals surface area contributed by atoms with E-state index in [1.165, 1.54) is 24.8 Å². The average molecular weight is 267 g/mol. The second-order valence-electron chi connectivity index (χ2n) is 4.07. The molecule has 1 rings (SSSR count). The number of nitrogens with zero attached hydrogens (tertiary/aromatic N) is 4. The van der Waals surface area contributed by atoms with Gasteiger partial charge in [-0.25, -0.2) is 15.4 Å². The molecule has 2 amide bonds. The van der Waals surface area contributed by atoms with Crippen molar-refractivity contribution >= 4 is 17.8 Å². The number of anilines is 1. The van der Waals surface area contributed by atoms with Crippen LogP contribution in [0.5, 0.6) is 0 Å². The topological polar surface area (TPSA) is 98.7 Å². The van der Waals surface area contributed by atoms with Crippen LogP contribution in [0.2, 0.25) is 0 Å². The lowest BCUT2D eigenvalue weighted by atomic mass is 10.3. The Kier molecular flexibility index (Phi) is 5.19. The van der Waals surface area contributed by atoms with Crippen molar-refractivity contribution in [1.82, 2.24) is 20.3 Å². The SMILES string of the molecule is CC(=O)N(C)CCN(C)c1ncc(C(=O)NO)cn1. The molecule has 19 heavy (non-hydrogen) atoms. The van der Waals surface area contributed by atoms with Crippen molar-refractivity contribution in [3.8, 4) is 0 Å². The number of hydrogen-bond donors (Lipinski definition) is 2. The number of rotatable bonds is 5. The van der Waals surface area contributed by atoms with Gasteiger partial charge in [-0.1, -0.05) is 0 Å². The predicted octanol–water partition coefficient (Wildman–Crippen LogP) is -0.490. The van der Waals surface area contributed by atoms with Crippen molar-refractivity contribution in [2.75, 3.05) is 32.1 Å². The third-order valence-corrected chi connectivity index (χ3v) is 2.65. The van der Waals surface area contributed by atoms with Crippen LogP contribution in [0.15, 0.2) is 12.4 Å². The maximum absolute atomic E-state index is 11.1. The zero-order valence-corrected chi connectivity index (χ0v) is 11.1. The van der Waals surface area contributed by atoms with Crippen LogP contribution in [0.1, 0.15) is 17.3 Å². The first-order valence-electron chi connectivity index (χ1n) is 5.65. The highest BCUT2D eigenvalue weighted by atomic mass is 16.5. The third-order valence-electron chi connectivity index (χ3n) is 2.65. The number of likely N-dealkylation sites (N-methyl/N-ethyl adjacent to an activating group) is 2. The van der Waals surface area contributed by atoms with Gasteiger partial charge in [0.05, 0.1) is 5.56 Å². The monoisotopic (exact) mass is 267 g/mol. The Morgan fingerprint density at radius 2 is 1.84 bits per heavy atom. The van der Waals surface area contributed by atoms with Gasteiger partial charge in [-0.15, -0.1) is 0 Å². The molecule has 104 valence electrons. The van der Waals surface area contributed by atoms with Gasteiger partial charge in [-0.3, -0.25) is 14.8 Å². The highest BCUT2D eigenvalue weighted by Gasteiger charge is 2.09. The smallest absolute Gasteiger partial charge is 0.277 e. The lowest BCUT2D eigenvalue weighted by Gasteiger charge is -2.21. The van der Waals surface area contributed by atoms with Gasteiger partial charge >= 0.3 is 0 Å². The van der Waals surface area contributed by atoms with Crippen LogP contribution in [0.3, 0.4) is 0 Å². The summed E-state index contributed by atoms with van der Waals surface area (Å²) in [4.78, 5) is 33.5. The number of carbonyl (C=O) groups excluding carboxylic acids is 2. The first kappa shape index (κ1) is 14.8. The minimum absolute atomic E-state index is 0.00992. The van der Waals surface area contributed by atoms with E-state index in [9.17, 15) is 9.59 Å². The largest absolute Gasteiger partial charge is 0.344 e. The number of hydroxylamine groups is 1. The molecule has 0 unspecified atom stereocenters. The van der Waals surface area contributed by atoms with Gasteiger partial charge in [0.2, 0.25) is 11.9 Å². The molecule has 0 aromatic carbocycles. The van der Waals surface area contributed by atoms with E-state index in [2.05, 4.69) is 9.97 Å². The van der Waals surface area contributed by atoms with E-state index in [-0.39, 0.29) is 11.5 Å². The zero-order valence-electron chi connectivity index (χ0n) is 11.1. The van der Waals surface area contributed by atoms with Crippen molar-refractivity contribution in [2.24, 2.45) is 0 Å². The molecule has 0 saturated heterocycles. The molecule has 2 N–H and O–H groups in total. The van der Waals surface area contributed by atoms with E-state index >= 15 is 0 Å². The Labute approximate surface area is 111 Å². The molecular weight excluding hydrogens is 250 g/mol. The first-order chi connectivity index (χ1) is 8.95. The summed E-state index contributed by atoms with van der Waals surface area (Å²) in [6.07, 6.45) is 2.64. The van der Waals surface area contributed by atoms with Crippen LogP contribution in [0.25, 0.3) is 0 Å². The Hall–Kier alpha value is -2.22. The number of nitrogens with one attached hydrogen (secondary N) is 1. The second kappa shape index (κ2) is 6.64. The van der Waals surface area contributed by atoms with Crippen molar-refractivity contribution in [3.63, 3.8) is 0 Å². The summed E-state index contributed by atoms with van der Waals surface area (Å²) in [6, 6.07) is 0. The summed E-state index contributed by atoms with van der Waals surface area (Å²) >= 11 is 0. The number of amides is 2. The molecule has 0 fully saturated rings. The zero-order chi connectivity index (χ0) is 14.4. The van der Waals surface area contributed by atoms with Gasteiger partial charge in [-0.2, -0.15) is 0 Å². The minimum atomic E-state index is -0.662. The number of hydrogen-bond acceptors (Lipinski definition) is 6. The molecule has 1 heterocycles. The average Bonchev–Trinajstić information content (AvgIpc) is 2.43. The second-order valence-corrected chi connectivity index (χ2v) is 4.07. The molecular formula is C11H17N5O3. The van der Waals surface area contributed by atoms with Crippen molar-refractivity contribution in [1.29, 1.82) is 0 Å². The number of carbonyl (C=O) groups is 2. The van der Waals surface area contributed by atoms with E-state index in [0.29, 0.717) is 19.0 Å². The Morgan fingerprint density at radius 1 is 1.26 bits per heavy atom. The molecule has 0 aliphatic carbocycles. The van der Waals surface area contributed by atoms with Crippen LogP contribution >= 0.6 is 0 Å². The molecule has 1 aromatic rings. The molecule has 0 radical (unpaired) electrons. The summed E-state index contributed by atoms with van der Waals surface area (Å²) in [5, 5.41) is 8.46. The van der Waals surface area contributed by atoms with Crippen LogP contribution in [0.4, 0.5) is 5.95 Å². The summed E-state index contributed by atoms with van der Waals surface area (Å²) in [7, 11) is 3.50. The highest BCUT2D eigenvalue weighted by molar-refractivity contribution is 5.92. The van der Waals surface area contributed by atoms with E-state index < -0.39 is 5.91 Å². The quantitative estimate of drug-likeness (QED) is 0.552. The van der Waals surface area contributed by atoms with Gasteiger partial charge in [0, 0.05) is 46.5 Å². The van der Waals surface area contributed by atoms with Crippen molar-refractivity contribution in [3.05, 3.63) is 18.0 Å². The highest BCUT2D eigenvalue weighted by Crippen LogP contribution is 2.05. The Bertz CT molecular complexity index is 448. The van der Waals surface area contributed by atoms with E-state index in [4.69, 9.17) is 5.21 Å². The standard InChI is InChI=1S/C11H17N5O3/c1-8(17)15(2)4-5-16(3)11-12-6-9(7-13-11)10(18)14-19/h6-7,19H,4-5H2,1-3H3,(H,14,18). The molecule has 8 heteroatoms. The van der Waals surface area contributed by atoms with Crippen LogP contribution in [0, 0.1) is 0 Å². The summed E-state index contributed by atoms with van der Waals surface area (Å²) in [5.74, 6) is -0.235. The van der Waals surface area contributed by atoms with Gasteiger partial charge < -0.3 is 9.80 Å². The van der Waals surface area contributed by atoms with E-state index in [1.54, 1.807) is 23.9 Å². The summed E-state index contributed by atoms with van der Waals surface area (Å²) in [5.41, 5.74) is 1.67. The lowest BCUT2D eigenvalue weighted by molar-refractivity contribution is -0.127. The van der Waals surface area contributed by atoms with Crippen LogP contribution in [-0.4, -0.2) is 59.1 Å². The Balaban J connectivity index is 2.60. The number of aromatic nitrogens is 2. The lowest BCUT2D eigenvalue weighted by Crippen LogP contribution is -2.34. The first-order valence-corrected chi connectivity index (χ1v) is 5.65. The normalized spacial score (nSPS) is 9.89. The molecule has 0 aliphatic rings. The van der Waals surface area contributed by atoms with Crippen molar-refractivity contribution < 1.29 is 14.8 Å². The predicted molar refractivity (Wildman–Crippen MR) is 67.9 cm³/mol. The molecule has 0 bridgehead atoms. The third kappa shape index (κ3) is 4.18. The maximum atomic E-state index is 11.1. The fourth-order valence-electron chi connectivity index (χ4n) is 1.26. The van der Waals surface area contributed by atoms with Gasteiger partial charge in [0.15, 0.2) is 0 Å². The van der Waals surface area contributed by atoms with Gasteiger partial charge in [-0.05, 0) is 0 Å². The van der Waals surface area contributed by atoms with Crippen LogP contribution in [-0.2, 0) is 4.79 Å². The molecule has 8 nitrogen and oxygen atoms in total. The minimum Gasteiger partial charge on any atom is -0.344 e. The van der Waals surface area contributed by atoms with Gasteiger partial charge in [0.25, 0.3) is 5.91 Å². The fourth-order valence-corrected chi connectivity index (χ4v) is 1.26. The molecule has 1 aromatic heterocycles. The van der Waals surface area contributed by atoms with Gasteiger partial charge in [0.1, 0.15) is 0 Å². The van der Waals surface area contributed by atoms with Crippen molar-refractivity contribution in [2.45, 2.75) is 6.92 Å².